The summed E-state index contributed by atoms with van der Waals surface area (Å²) >= 11 is 0. The molecule has 142 valence electrons. The van der Waals surface area contributed by atoms with Crippen LogP contribution in [0.1, 0.15) is 17.3 Å². The van der Waals surface area contributed by atoms with Crippen LogP contribution in [0.15, 0.2) is 54.6 Å². The minimum atomic E-state index is -0.351. The molecule has 1 saturated heterocycles. The molecule has 6 nitrogen and oxygen atoms in total. The number of amides is 1. The Hall–Kier alpha value is -2.86. The van der Waals surface area contributed by atoms with E-state index in [4.69, 9.17) is 4.74 Å². The zero-order valence-corrected chi connectivity index (χ0v) is 15.6. The van der Waals surface area contributed by atoms with Gasteiger partial charge < -0.3 is 19.9 Å². The summed E-state index contributed by atoms with van der Waals surface area (Å²) < 4.78 is 4.96. The number of carbonyl (C=O) groups excluding carboxylic acids is 2. The number of carbonyl (C=O) groups is 2. The Balaban J connectivity index is 1.45. The number of quaternary nitrogens is 1. The third kappa shape index (κ3) is 5.31. The second-order valence-corrected chi connectivity index (χ2v) is 6.60. The number of rotatable bonds is 6. The number of esters is 1. The maximum Gasteiger partial charge on any atom is 0.338 e. The summed E-state index contributed by atoms with van der Waals surface area (Å²) in [5.41, 5.74) is 2.41. The van der Waals surface area contributed by atoms with Gasteiger partial charge in [0.15, 0.2) is 6.54 Å². The van der Waals surface area contributed by atoms with Gasteiger partial charge in [-0.1, -0.05) is 18.2 Å². The second kappa shape index (κ2) is 9.19. The van der Waals surface area contributed by atoms with Crippen molar-refractivity contribution in [3.05, 3.63) is 60.2 Å². The van der Waals surface area contributed by atoms with Crippen molar-refractivity contribution in [3.8, 4) is 0 Å². The van der Waals surface area contributed by atoms with Crippen molar-refractivity contribution in [2.24, 2.45) is 0 Å². The Morgan fingerprint density at radius 2 is 1.70 bits per heavy atom. The van der Waals surface area contributed by atoms with Crippen LogP contribution in [0.2, 0.25) is 0 Å². The predicted octanol–water partition coefficient (Wildman–Crippen LogP) is 1.21. The van der Waals surface area contributed by atoms with Gasteiger partial charge in [-0.3, -0.25) is 4.79 Å². The number of piperazine rings is 1. The smallest absolute Gasteiger partial charge is 0.338 e. The van der Waals surface area contributed by atoms with Crippen LogP contribution in [0, 0.1) is 0 Å². The number of benzene rings is 2. The van der Waals surface area contributed by atoms with E-state index in [1.54, 1.807) is 31.2 Å². The molecule has 1 aliphatic rings. The molecule has 2 N–H and O–H groups in total. The minimum Gasteiger partial charge on any atom is -0.462 e. The van der Waals surface area contributed by atoms with E-state index in [0.29, 0.717) is 24.4 Å². The van der Waals surface area contributed by atoms with Crippen molar-refractivity contribution in [1.82, 2.24) is 0 Å². The van der Waals surface area contributed by atoms with Crippen LogP contribution in [0.25, 0.3) is 0 Å². The Labute approximate surface area is 159 Å². The lowest BCUT2D eigenvalue weighted by atomic mass is 10.2. The van der Waals surface area contributed by atoms with Gasteiger partial charge in [0, 0.05) is 11.4 Å². The molecule has 0 bridgehead atoms. The van der Waals surface area contributed by atoms with Gasteiger partial charge in [-0.2, -0.15) is 0 Å². The highest BCUT2D eigenvalue weighted by atomic mass is 16.5. The standard InChI is InChI=1S/C21H25N3O3/c1-2-27-21(26)17-8-10-18(11-9-17)22-20(25)16-23-12-14-24(15-13-23)19-6-4-3-5-7-19/h3-11H,2,12-16H2,1H3,(H,22,25)/p+1. The number of nitrogens with one attached hydrogen (secondary N) is 2. The highest BCUT2D eigenvalue weighted by molar-refractivity contribution is 5.93. The molecule has 0 aromatic heterocycles. The molecule has 1 fully saturated rings. The average Bonchev–Trinajstić information content (AvgIpc) is 2.70. The van der Waals surface area contributed by atoms with Gasteiger partial charge in [0.25, 0.3) is 5.91 Å². The lowest BCUT2D eigenvalue weighted by molar-refractivity contribution is -0.892. The highest BCUT2D eigenvalue weighted by Crippen LogP contribution is 2.12. The van der Waals surface area contributed by atoms with Gasteiger partial charge in [-0.15, -0.1) is 0 Å². The number of nitrogens with zero attached hydrogens (tertiary/aromatic N) is 1. The van der Waals surface area contributed by atoms with E-state index in [0.717, 1.165) is 26.2 Å². The molecule has 0 atom stereocenters. The van der Waals surface area contributed by atoms with Crippen molar-refractivity contribution in [2.45, 2.75) is 6.92 Å². The van der Waals surface area contributed by atoms with E-state index in [1.165, 1.54) is 10.6 Å². The summed E-state index contributed by atoms with van der Waals surface area (Å²) in [6.45, 7) is 6.32. The fourth-order valence-corrected chi connectivity index (χ4v) is 3.23. The van der Waals surface area contributed by atoms with Crippen molar-refractivity contribution in [2.75, 3.05) is 49.5 Å². The van der Waals surface area contributed by atoms with Crippen molar-refractivity contribution in [3.63, 3.8) is 0 Å². The van der Waals surface area contributed by atoms with Crippen LogP contribution < -0.4 is 15.1 Å². The van der Waals surface area contributed by atoms with Gasteiger partial charge in [0.05, 0.1) is 38.3 Å². The first-order valence-corrected chi connectivity index (χ1v) is 9.36. The number of hydrogen-bond donors (Lipinski definition) is 2. The molecule has 2 aromatic rings. The van der Waals surface area contributed by atoms with Gasteiger partial charge >= 0.3 is 5.97 Å². The monoisotopic (exact) mass is 368 g/mol. The third-order valence-corrected chi connectivity index (χ3v) is 4.68. The van der Waals surface area contributed by atoms with Crippen LogP contribution in [-0.2, 0) is 9.53 Å². The van der Waals surface area contributed by atoms with Gasteiger partial charge in [0.1, 0.15) is 0 Å². The zero-order valence-electron chi connectivity index (χ0n) is 15.6. The van der Waals surface area contributed by atoms with Gasteiger partial charge in [0.2, 0.25) is 0 Å². The first kappa shape index (κ1) is 18.9. The van der Waals surface area contributed by atoms with E-state index >= 15 is 0 Å². The molecule has 0 unspecified atom stereocenters. The first-order chi connectivity index (χ1) is 13.2. The summed E-state index contributed by atoms with van der Waals surface area (Å²) in [4.78, 5) is 27.6. The van der Waals surface area contributed by atoms with Crippen LogP contribution in [0.5, 0.6) is 0 Å². The van der Waals surface area contributed by atoms with Crippen LogP contribution in [0.4, 0.5) is 11.4 Å². The van der Waals surface area contributed by atoms with Crippen LogP contribution in [0.3, 0.4) is 0 Å². The molecule has 1 aliphatic heterocycles. The maximum atomic E-state index is 12.3. The summed E-state index contributed by atoms with van der Waals surface area (Å²) in [6, 6.07) is 17.2. The molecule has 3 rings (SSSR count). The van der Waals surface area contributed by atoms with E-state index in [9.17, 15) is 9.59 Å². The normalized spacial score (nSPS) is 14.6. The zero-order chi connectivity index (χ0) is 19.1. The number of ether oxygens (including phenoxy) is 1. The topological polar surface area (TPSA) is 63.1 Å². The van der Waals surface area contributed by atoms with E-state index in [1.807, 2.05) is 6.07 Å². The Kier molecular flexibility index (Phi) is 6.44. The second-order valence-electron chi connectivity index (χ2n) is 6.60. The molecule has 0 saturated carbocycles. The minimum absolute atomic E-state index is 0.0120. The molecule has 0 radical (unpaired) electrons. The lowest BCUT2D eigenvalue weighted by Crippen LogP contribution is -3.15. The molecule has 0 aliphatic carbocycles. The number of hydrogen-bond acceptors (Lipinski definition) is 4. The quantitative estimate of drug-likeness (QED) is 0.753. The SMILES string of the molecule is CCOC(=O)c1ccc(NC(=O)C[NH+]2CCN(c3ccccc3)CC2)cc1. The maximum absolute atomic E-state index is 12.3. The predicted molar refractivity (Wildman–Crippen MR) is 105 cm³/mol. The van der Waals surface area contributed by atoms with E-state index < -0.39 is 0 Å². The summed E-state index contributed by atoms with van der Waals surface area (Å²) in [5, 5.41) is 2.90. The van der Waals surface area contributed by atoms with Crippen LogP contribution >= 0.6 is 0 Å². The molecular weight excluding hydrogens is 342 g/mol. The highest BCUT2D eigenvalue weighted by Gasteiger charge is 2.22. The molecule has 2 aromatic carbocycles. The third-order valence-electron chi connectivity index (χ3n) is 4.68. The van der Waals surface area contributed by atoms with Gasteiger partial charge in [-0.05, 0) is 43.3 Å². The lowest BCUT2D eigenvalue weighted by Gasteiger charge is -2.33. The van der Waals surface area contributed by atoms with Crippen molar-refractivity contribution in [1.29, 1.82) is 0 Å². The van der Waals surface area contributed by atoms with Crippen LogP contribution in [-0.4, -0.2) is 51.2 Å². The molecule has 1 heterocycles. The average molecular weight is 368 g/mol. The Bertz CT molecular complexity index is 754. The number of anilines is 2. The summed E-state index contributed by atoms with van der Waals surface area (Å²) in [7, 11) is 0. The largest absolute Gasteiger partial charge is 0.462 e. The summed E-state index contributed by atoms with van der Waals surface area (Å²) in [6.07, 6.45) is 0. The van der Waals surface area contributed by atoms with Gasteiger partial charge in [-0.25, -0.2) is 4.79 Å². The van der Waals surface area contributed by atoms with E-state index in [2.05, 4.69) is 34.5 Å². The Morgan fingerprint density at radius 1 is 1.04 bits per heavy atom. The van der Waals surface area contributed by atoms with Crippen molar-refractivity contribution < 1.29 is 19.2 Å². The fraction of sp³-hybridized carbons (Fsp3) is 0.333. The molecule has 1 amide bonds. The molecule has 27 heavy (non-hydrogen) atoms. The molecule has 0 spiro atoms. The van der Waals surface area contributed by atoms with Crippen molar-refractivity contribution >= 4 is 23.3 Å². The fourth-order valence-electron chi connectivity index (χ4n) is 3.23. The molecule has 6 heteroatoms. The van der Waals surface area contributed by atoms with E-state index in [-0.39, 0.29) is 11.9 Å². The first-order valence-electron chi connectivity index (χ1n) is 9.36. The Morgan fingerprint density at radius 3 is 2.33 bits per heavy atom. The molecular formula is C21H26N3O3+. The number of para-hydroxylation sites is 1. The summed E-state index contributed by atoms with van der Waals surface area (Å²) in [5.74, 6) is -0.363.